The molecule has 1 atom stereocenters. The smallest absolute Gasteiger partial charge is 0.170 e. The van der Waals surface area contributed by atoms with Crippen molar-refractivity contribution in [2.75, 3.05) is 24.7 Å². The summed E-state index contributed by atoms with van der Waals surface area (Å²) in [5, 5.41) is 18.2. The summed E-state index contributed by atoms with van der Waals surface area (Å²) in [5.41, 5.74) is 3.48. The second kappa shape index (κ2) is 6.25. The van der Waals surface area contributed by atoms with Crippen LogP contribution in [-0.4, -0.2) is 30.0 Å². The van der Waals surface area contributed by atoms with Gasteiger partial charge in [-0.05, 0) is 49.9 Å². The van der Waals surface area contributed by atoms with Crippen LogP contribution in [0.4, 0.5) is 5.82 Å². The lowest BCUT2D eigenvalue weighted by Gasteiger charge is -2.28. The van der Waals surface area contributed by atoms with Gasteiger partial charge in [0.15, 0.2) is 17.3 Å². The molecule has 0 spiro atoms. The average molecular weight is 336 g/mol. The normalized spacial score (nSPS) is 18.9. The van der Waals surface area contributed by atoms with Crippen molar-refractivity contribution in [1.29, 1.82) is 5.26 Å². The Morgan fingerprint density at radius 2 is 1.96 bits per heavy atom. The summed E-state index contributed by atoms with van der Waals surface area (Å²) in [7, 11) is 0. The Hall–Kier alpha value is -2.81. The predicted molar refractivity (Wildman–Crippen MR) is 93.0 cm³/mol. The summed E-state index contributed by atoms with van der Waals surface area (Å²) in [5.74, 6) is 2.27. The van der Waals surface area contributed by atoms with Crippen LogP contribution in [0.3, 0.4) is 0 Å². The van der Waals surface area contributed by atoms with Gasteiger partial charge in [0.2, 0.25) is 0 Å². The average Bonchev–Trinajstić information content (AvgIpc) is 3.13. The van der Waals surface area contributed by atoms with Crippen LogP contribution in [0.1, 0.15) is 41.3 Å². The fourth-order valence-corrected chi connectivity index (χ4v) is 3.56. The Kier molecular flexibility index (Phi) is 3.92. The Morgan fingerprint density at radius 1 is 1.16 bits per heavy atom. The van der Waals surface area contributed by atoms with Crippen LogP contribution in [-0.2, 0) is 0 Å². The monoisotopic (exact) mass is 336 g/mol. The number of aromatic nitrogens is 2. The van der Waals surface area contributed by atoms with Gasteiger partial charge >= 0.3 is 0 Å². The van der Waals surface area contributed by atoms with Crippen LogP contribution in [0.2, 0.25) is 0 Å². The van der Waals surface area contributed by atoms with Crippen molar-refractivity contribution >= 4 is 5.82 Å². The number of hydrogen-bond acceptors (Lipinski definition) is 6. The zero-order valence-electron chi connectivity index (χ0n) is 14.5. The molecule has 2 aliphatic heterocycles. The van der Waals surface area contributed by atoms with Gasteiger partial charge in [-0.3, -0.25) is 0 Å². The van der Waals surface area contributed by atoms with Crippen molar-refractivity contribution in [2.45, 2.75) is 32.7 Å². The van der Waals surface area contributed by atoms with Gasteiger partial charge in [0.25, 0.3) is 0 Å². The van der Waals surface area contributed by atoms with Crippen LogP contribution < -0.4 is 14.4 Å². The minimum Gasteiger partial charge on any atom is -0.486 e. The van der Waals surface area contributed by atoms with Crippen molar-refractivity contribution in [1.82, 2.24) is 10.2 Å². The number of ether oxygens (including phenoxy) is 2. The van der Waals surface area contributed by atoms with Crippen molar-refractivity contribution in [3.05, 3.63) is 40.6 Å². The number of nitriles is 1. The molecular formula is C19H20N4O2. The van der Waals surface area contributed by atoms with E-state index in [-0.39, 0.29) is 6.04 Å². The number of fused-ring (bicyclic) bond motifs is 1. The molecule has 25 heavy (non-hydrogen) atoms. The molecule has 1 aromatic carbocycles. The predicted octanol–water partition coefficient (Wildman–Crippen LogP) is 3.08. The molecule has 3 heterocycles. The molecule has 0 bridgehead atoms. The maximum Gasteiger partial charge on any atom is 0.170 e. The van der Waals surface area contributed by atoms with E-state index >= 15 is 0 Å². The number of anilines is 1. The molecule has 0 aliphatic carbocycles. The zero-order chi connectivity index (χ0) is 17.4. The Balaban J connectivity index is 1.72. The van der Waals surface area contributed by atoms with E-state index in [1.165, 1.54) is 0 Å². The summed E-state index contributed by atoms with van der Waals surface area (Å²) < 4.78 is 11.3. The summed E-state index contributed by atoms with van der Waals surface area (Å²) in [6.45, 7) is 5.85. The van der Waals surface area contributed by atoms with E-state index in [1.54, 1.807) is 0 Å². The number of benzene rings is 1. The molecule has 1 unspecified atom stereocenters. The Morgan fingerprint density at radius 3 is 2.76 bits per heavy atom. The van der Waals surface area contributed by atoms with E-state index in [4.69, 9.17) is 9.47 Å². The zero-order valence-corrected chi connectivity index (χ0v) is 14.5. The van der Waals surface area contributed by atoms with Crippen molar-refractivity contribution < 1.29 is 9.47 Å². The standard InChI is InChI=1S/C19H20N4O2/c1-12-13(2)21-22-19(15(12)11-20)23-7-3-4-16(23)14-5-6-17-18(10-14)25-9-8-24-17/h5-6,10,16H,3-4,7-9H2,1-2H3. The SMILES string of the molecule is Cc1nnc(N2CCCC2c2ccc3c(c2)OCCO3)c(C#N)c1C. The molecule has 1 saturated heterocycles. The quantitative estimate of drug-likeness (QED) is 0.839. The number of nitrogens with zero attached hydrogens (tertiary/aromatic N) is 4. The van der Waals surface area contributed by atoms with Gasteiger partial charge < -0.3 is 14.4 Å². The molecule has 1 aromatic heterocycles. The summed E-state index contributed by atoms with van der Waals surface area (Å²) in [6, 6.07) is 8.58. The Bertz CT molecular complexity index is 859. The van der Waals surface area contributed by atoms with Crippen molar-refractivity contribution in [3.63, 3.8) is 0 Å². The second-order valence-electron chi connectivity index (χ2n) is 6.48. The van der Waals surface area contributed by atoms with E-state index in [0.29, 0.717) is 24.6 Å². The number of aryl methyl sites for hydroxylation is 1. The molecule has 6 nitrogen and oxygen atoms in total. The maximum atomic E-state index is 9.62. The lowest BCUT2D eigenvalue weighted by molar-refractivity contribution is 0.171. The van der Waals surface area contributed by atoms with Crippen LogP contribution >= 0.6 is 0 Å². The summed E-state index contributed by atoms with van der Waals surface area (Å²) in [4.78, 5) is 2.20. The van der Waals surface area contributed by atoms with E-state index in [0.717, 1.165) is 47.7 Å². The molecule has 4 rings (SSSR count). The van der Waals surface area contributed by atoms with Gasteiger partial charge in [-0.15, -0.1) is 5.10 Å². The third kappa shape index (κ3) is 2.66. The minimum atomic E-state index is 0.166. The molecule has 0 amide bonds. The second-order valence-corrected chi connectivity index (χ2v) is 6.48. The van der Waals surface area contributed by atoms with E-state index in [1.807, 2.05) is 19.9 Å². The van der Waals surface area contributed by atoms with Gasteiger partial charge in [0.1, 0.15) is 24.8 Å². The minimum absolute atomic E-state index is 0.166. The molecule has 2 aliphatic rings. The first kappa shape index (κ1) is 15.7. The molecular weight excluding hydrogens is 316 g/mol. The molecule has 2 aromatic rings. The highest BCUT2D eigenvalue weighted by Gasteiger charge is 2.31. The topological polar surface area (TPSA) is 71.3 Å². The van der Waals surface area contributed by atoms with E-state index < -0.39 is 0 Å². The lowest BCUT2D eigenvalue weighted by Crippen LogP contribution is -2.26. The van der Waals surface area contributed by atoms with Gasteiger partial charge in [-0.1, -0.05) is 6.07 Å². The highest BCUT2D eigenvalue weighted by molar-refractivity contribution is 5.59. The van der Waals surface area contributed by atoms with Crippen molar-refractivity contribution in [2.24, 2.45) is 0 Å². The van der Waals surface area contributed by atoms with Gasteiger partial charge in [-0.25, -0.2) is 0 Å². The first-order valence-electron chi connectivity index (χ1n) is 8.59. The van der Waals surface area contributed by atoms with E-state index in [9.17, 15) is 5.26 Å². The van der Waals surface area contributed by atoms with E-state index in [2.05, 4.69) is 33.3 Å². The third-order valence-corrected chi connectivity index (χ3v) is 5.02. The van der Waals surface area contributed by atoms with Crippen molar-refractivity contribution in [3.8, 4) is 17.6 Å². The van der Waals surface area contributed by atoms with Gasteiger partial charge in [0.05, 0.1) is 11.7 Å². The fraction of sp³-hybridized carbons (Fsp3) is 0.421. The number of hydrogen-bond donors (Lipinski definition) is 0. The largest absolute Gasteiger partial charge is 0.486 e. The summed E-state index contributed by atoms with van der Waals surface area (Å²) in [6.07, 6.45) is 2.07. The van der Waals surface area contributed by atoms with Gasteiger partial charge in [0, 0.05) is 6.54 Å². The molecule has 128 valence electrons. The van der Waals surface area contributed by atoms with Crippen LogP contribution in [0, 0.1) is 25.2 Å². The third-order valence-electron chi connectivity index (χ3n) is 5.02. The first-order valence-corrected chi connectivity index (χ1v) is 8.59. The Labute approximate surface area is 147 Å². The van der Waals surface area contributed by atoms with Gasteiger partial charge in [-0.2, -0.15) is 10.4 Å². The molecule has 6 heteroatoms. The summed E-state index contributed by atoms with van der Waals surface area (Å²) >= 11 is 0. The lowest BCUT2D eigenvalue weighted by atomic mass is 10.0. The van der Waals surface area contributed by atoms with Crippen LogP contribution in [0.25, 0.3) is 0 Å². The molecule has 0 radical (unpaired) electrons. The first-order chi connectivity index (χ1) is 12.2. The fourth-order valence-electron chi connectivity index (χ4n) is 3.56. The molecule has 0 N–H and O–H groups in total. The number of rotatable bonds is 2. The highest BCUT2D eigenvalue weighted by Crippen LogP contribution is 2.40. The maximum absolute atomic E-state index is 9.62. The molecule has 0 saturated carbocycles. The van der Waals surface area contributed by atoms with Crippen LogP contribution in [0.5, 0.6) is 11.5 Å². The highest BCUT2D eigenvalue weighted by atomic mass is 16.6. The van der Waals surface area contributed by atoms with Crippen LogP contribution in [0.15, 0.2) is 18.2 Å². The molecule has 1 fully saturated rings.